The van der Waals surface area contributed by atoms with Crippen molar-refractivity contribution in [3.63, 3.8) is 0 Å². The lowest BCUT2D eigenvalue weighted by molar-refractivity contribution is -0.140. The van der Waals surface area contributed by atoms with Crippen LogP contribution in [0.25, 0.3) is 0 Å². The zero-order valence-electron chi connectivity index (χ0n) is 18.3. The summed E-state index contributed by atoms with van der Waals surface area (Å²) in [7, 11) is 2.06. The predicted molar refractivity (Wildman–Crippen MR) is 110 cm³/mol. The van der Waals surface area contributed by atoms with Crippen LogP contribution in [0.4, 0.5) is 0 Å². The highest BCUT2D eigenvalue weighted by Gasteiger charge is 2.51. The van der Waals surface area contributed by atoms with Crippen LogP contribution in [0.3, 0.4) is 0 Å². The highest BCUT2D eigenvalue weighted by Crippen LogP contribution is 2.43. The van der Waals surface area contributed by atoms with Gasteiger partial charge in [-0.15, -0.1) is 0 Å². The van der Waals surface area contributed by atoms with Gasteiger partial charge < -0.3 is 14.0 Å². The fraction of sp³-hybridized carbons (Fsp3) is 0.682. The smallest absolute Gasteiger partial charge is 0.223 e. The van der Waals surface area contributed by atoms with Crippen LogP contribution in [-0.2, 0) is 30.3 Å². The van der Waals surface area contributed by atoms with Gasteiger partial charge in [0.2, 0.25) is 5.91 Å². The molecule has 2 aromatic rings. The zero-order chi connectivity index (χ0) is 20.8. The number of rotatable bonds is 5. The number of imidazole rings is 1. The first-order valence-electron chi connectivity index (χ1n) is 10.8. The van der Waals surface area contributed by atoms with Crippen LogP contribution in [0, 0.1) is 18.8 Å². The summed E-state index contributed by atoms with van der Waals surface area (Å²) >= 11 is 0. The molecule has 0 aliphatic carbocycles. The van der Waals surface area contributed by atoms with Gasteiger partial charge in [-0.05, 0) is 25.2 Å². The third-order valence-electron chi connectivity index (χ3n) is 6.91. The van der Waals surface area contributed by atoms with Gasteiger partial charge in [0.1, 0.15) is 5.54 Å². The molecule has 1 saturated heterocycles. The molecule has 2 aliphatic rings. The van der Waals surface area contributed by atoms with Crippen molar-refractivity contribution in [3.05, 3.63) is 35.2 Å². The summed E-state index contributed by atoms with van der Waals surface area (Å²) in [4.78, 5) is 22.7. The average molecular weight is 400 g/mol. The van der Waals surface area contributed by atoms with E-state index in [4.69, 9.17) is 9.51 Å². The molecule has 2 atom stereocenters. The second-order valence-electron chi connectivity index (χ2n) is 9.30. The fourth-order valence-electron chi connectivity index (χ4n) is 4.81. The average Bonchev–Trinajstić information content (AvgIpc) is 3.36. The Hall–Kier alpha value is -2.15. The number of likely N-dealkylation sites (tertiary alicyclic amines) is 1. The molecule has 0 aromatic carbocycles. The van der Waals surface area contributed by atoms with Crippen molar-refractivity contribution >= 4 is 5.91 Å². The maximum absolute atomic E-state index is 13.4. The van der Waals surface area contributed by atoms with Crippen LogP contribution in [0.5, 0.6) is 0 Å². The van der Waals surface area contributed by atoms with E-state index in [1.54, 1.807) is 0 Å². The van der Waals surface area contributed by atoms with Gasteiger partial charge in [0.25, 0.3) is 0 Å². The molecule has 2 unspecified atom stereocenters. The predicted octanol–water partition coefficient (Wildman–Crippen LogP) is 2.88. The van der Waals surface area contributed by atoms with E-state index in [0.717, 1.165) is 56.2 Å². The Bertz CT molecular complexity index is 886. The topological polar surface area (TPSA) is 67.4 Å². The molecule has 2 aromatic heterocycles. The lowest BCUT2D eigenvalue weighted by atomic mass is 9.84. The van der Waals surface area contributed by atoms with E-state index in [2.05, 4.69) is 47.3 Å². The van der Waals surface area contributed by atoms with Crippen molar-refractivity contribution in [2.45, 2.75) is 59.0 Å². The van der Waals surface area contributed by atoms with E-state index in [-0.39, 0.29) is 11.4 Å². The first-order chi connectivity index (χ1) is 13.8. The van der Waals surface area contributed by atoms with Crippen molar-refractivity contribution in [2.75, 3.05) is 19.6 Å². The maximum atomic E-state index is 13.4. The zero-order valence-corrected chi connectivity index (χ0v) is 18.3. The van der Waals surface area contributed by atoms with E-state index < -0.39 is 0 Å². The second kappa shape index (κ2) is 7.59. The minimum atomic E-state index is -0.336. The minimum absolute atomic E-state index is 0.264. The number of aromatic nitrogens is 3. The van der Waals surface area contributed by atoms with E-state index in [9.17, 15) is 4.79 Å². The van der Waals surface area contributed by atoms with Crippen molar-refractivity contribution < 1.29 is 9.32 Å². The number of amides is 1. The number of nitrogens with zero attached hydrogens (tertiary/aromatic N) is 5. The Morgan fingerprint density at radius 1 is 1.31 bits per heavy atom. The van der Waals surface area contributed by atoms with Crippen LogP contribution >= 0.6 is 0 Å². The molecule has 4 heterocycles. The summed E-state index contributed by atoms with van der Waals surface area (Å²) in [6, 6.07) is 1.99. The first-order valence-corrected chi connectivity index (χ1v) is 10.8. The molecule has 0 saturated carbocycles. The van der Waals surface area contributed by atoms with Crippen LogP contribution < -0.4 is 0 Å². The summed E-state index contributed by atoms with van der Waals surface area (Å²) in [5, 5.41) is 4.01. The summed E-state index contributed by atoms with van der Waals surface area (Å²) in [5.41, 5.74) is 2.92. The number of aryl methyl sites for hydroxylation is 2. The standard InChI is InChI=1S/C22H33N5O2/c1-15(2)16(3)10-20(28)27-8-6-19-21(23-14-25(19)5)22(27)7-9-26(13-22)12-18-11-17(4)24-29-18/h11,14-16H,6-10,12-13H2,1-5H3. The van der Waals surface area contributed by atoms with Crippen LogP contribution in [0.1, 0.15) is 56.5 Å². The summed E-state index contributed by atoms with van der Waals surface area (Å²) in [5.74, 6) is 2.02. The van der Waals surface area contributed by atoms with Crippen molar-refractivity contribution in [2.24, 2.45) is 18.9 Å². The summed E-state index contributed by atoms with van der Waals surface area (Å²) in [6.45, 7) is 11.7. The van der Waals surface area contributed by atoms with Gasteiger partial charge in [-0.2, -0.15) is 0 Å². The Kier molecular flexibility index (Phi) is 5.27. The molecule has 1 fully saturated rings. The lowest BCUT2D eigenvalue weighted by Crippen LogP contribution is -2.55. The molecule has 0 radical (unpaired) electrons. The van der Waals surface area contributed by atoms with Gasteiger partial charge in [0.05, 0.1) is 24.3 Å². The van der Waals surface area contributed by atoms with E-state index in [0.29, 0.717) is 18.3 Å². The van der Waals surface area contributed by atoms with E-state index >= 15 is 0 Å². The van der Waals surface area contributed by atoms with Crippen molar-refractivity contribution in [1.29, 1.82) is 0 Å². The first kappa shape index (κ1) is 20.1. The van der Waals surface area contributed by atoms with Crippen LogP contribution in [0.2, 0.25) is 0 Å². The molecule has 0 bridgehead atoms. The number of hydrogen-bond donors (Lipinski definition) is 0. The molecule has 7 heteroatoms. The highest BCUT2D eigenvalue weighted by atomic mass is 16.5. The molecule has 158 valence electrons. The summed E-state index contributed by atoms with van der Waals surface area (Å²) < 4.78 is 7.56. The Labute approximate surface area is 173 Å². The Morgan fingerprint density at radius 3 is 2.79 bits per heavy atom. The third kappa shape index (κ3) is 3.61. The molecular formula is C22H33N5O2. The monoisotopic (exact) mass is 399 g/mol. The molecule has 4 rings (SSSR count). The normalized spacial score (nSPS) is 23.2. The third-order valence-corrected chi connectivity index (χ3v) is 6.91. The largest absolute Gasteiger partial charge is 0.360 e. The van der Waals surface area contributed by atoms with Gasteiger partial charge in [0.15, 0.2) is 5.76 Å². The van der Waals surface area contributed by atoms with Gasteiger partial charge in [-0.3, -0.25) is 9.69 Å². The quantitative estimate of drug-likeness (QED) is 0.773. The van der Waals surface area contributed by atoms with Crippen LogP contribution in [0.15, 0.2) is 16.9 Å². The number of hydrogen-bond acceptors (Lipinski definition) is 5. The van der Waals surface area contributed by atoms with Gasteiger partial charge >= 0.3 is 0 Å². The van der Waals surface area contributed by atoms with Crippen molar-refractivity contribution in [1.82, 2.24) is 24.5 Å². The Morgan fingerprint density at radius 2 is 2.10 bits per heavy atom. The van der Waals surface area contributed by atoms with E-state index in [1.807, 2.05) is 19.3 Å². The van der Waals surface area contributed by atoms with E-state index in [1.165, 1.54) is 5.69 Å². The SMILES string of the molecule is Cc1cc(CN2CCC3(C2)c2ncn(C)c2CCN3C(=O)CC(C)C(C)C)on1. The molecular weight excluding hydrogens is 366 g/mol. The summed E-state index contributed by atoms with van der Waals surface area (Å²) in [6.07, 6.45) is 4.28. The number of carbonyl (C=O) groups excluding carboxylic acids is 1. The Balaban J connectivity index is 1.61. The molecule has 7 nitrogen and oxygen atoms in total. The number of fused-ring (bicyclic) bond motifs is 2. The molecule has 1 amide bonds. The maximum Gasteiger partial charge on any atom is 0.223 e. The fourth-order valence-corrected chi connectivity index (χ4v) is 4.81. The van der Waals surface area contributed by atoms with Gasteiger partial charge in [0, 0.05) is 51.3 Å². The van der Waals surface area contributed by atoms with Crippen LogP contribution in [-0.4, -0.2) is 50.0 Å². The van der Waals surface area contributed by atoms with Gasteiger partial charge in [-0.1, -0.05) is 25.9 Å². The van der Waals surface area contributed by atoms with Gasteiger partial charge in [-0.25, -0.2) is 4.98 Å². The molecule has 2 aliphatic heterocycles. The minimum Gasteiger partial charge on any atom is -0.360 e. The van der Waals surface area contributed by atoms with Crippen molar-refractivity contribution in [3.8, 4) is 0 Å². The highest BCUT2D eigenvalue weighted by molar-refractivity contribution is 5.78. The lowest BCUT2D eigenvalue weighted by Gasteiger charge is -2.44. The molecule has 0 N–H and O–H groups in total. The molecule has 29 heavy (non-hydrogen) atoms. The molecule has 1 spiro atoms. The second-order valence-corrected chi connectivity index (χ2v) is 9.30. The number of carbonyl (C=O) groups is 1.